The fourth-order valence-corrected chi connectivity index (χ4v) is 3.97. The van der Waals surface area contributed by atoms with E-state index in [1.807, 2.05) is 18.6 Å². The zero-order valence-electron chi connectivity index (χ0n) is 13.4. The third-order valence-electron chi connectivity index (χ3n) is 3.97. The molecule has 2 aromatic rings. The highest BCUT2D eigenvalue weighted by Gasteiger charge is 2.15. The lowest BCUT2D eigenvalue weighted by molar-refractivity contribution is 0.373. The Morgan fingerprint density at radius 3 is 3.00 bits per heavy atom. The molecule has 2 aromatic heterocycles. The molecular formula is C17H24N4S. The van der Waals surface area contributed by atoms with Gasteiger partial charge < -0.3 is 5.32 Å². The van der Waals surface area contributed by atoms with Crippen molar-refractivity contribution in [3.8, 4) is 10.6 Å². The van der Waals surface area contributed by atoms with Crippen LogP contribution in [-0.2, 0) is 12.8 Å². The number of nitrogens with zero attached hydrogens (tertiary/aromatic N) is 3. The molecule has 3 heterocycles. The second kappa shape index (κ2) is 7.29. The van der Waals surface area contributed by atoms with Gasteiger partial charge in [-0.05, 0) is 44.2 Å². The molecule has 0 spiro atoms. The van der Waals surface area contributed by atoms with E-state index in [1.165, 1.54) is 17.8 Å². The fourth-order valence-electron chi connectivity index (χ4n) is 2.89. The van der Waals surface area contributed by atoms with Crippen molar-refractivity contribution in [2.45, 2.75) is 39.5 Å². The van der Waals surface area contributed by atoms with Crippen LogP contribution in [0.2, 0.25) is 0 Å². The highest BCUT2D eigenvalue weighted by Crippen LogP contribution is 2.26. The monoisotopic (exact) mass is 316 g/mol. The Morgan fingerprint density at radius 2 is 2.23 bits per heavy atom. The first-order chi connectivity index (χ1) is 10.7. The standard InChI is InChI=1S/C17H24N4S/c1-12(2)6-17-20-11-16(22-17)15-10-19-9-14(21-15)7-13-4-3-5-18-8-13/h9-13,18H,3-8H2,1-2H3. The third-order valence-corrected chi connectivity index (χ3v) is 5.01. The van der Waals surface area contributed by atoms with E-state index in [4.69, 9.17) is 4.98 Å². The van der Waals surface area contributed by atoms with E-state index in [-0.39, 0.29) is 0 Å². The summed E-state index contributed by atoms with van der Waals surface area (Å²) in [6, 6.07) is 0. The van der Waals surface area contributed by atoms with Crippen LogP contribution in [0, 0.1) is 11.8 Å². The van der Waals surface area contributed by atoms with Gasteiger partial charge in [-0.3, -0.25) is 4.98 Å². The van der Waals surface area contributed by atoms with E-state index in [0.717, 1.165) is 42.2 Å². The summed E-state index contributed by atoms with van der Waals surface area (Å²) >= 11 is 1.74. The van der Waals surface area contributed by atoms with Crippen LogP contribution in [0.3, 0.4) is 0 Å². The first kappa shape index (κ1) is 15.6. The molecule has 22 heavy (non-hydrogen) atoms. The maximum Gasteiger partial charge on any atom is 0.100 e. The number of hydrogen-bond acceptors (Lipinski definition) is 5. The summed E-state index contributed by atoms with van der Waals surface area (Å²) in [6.07, 6.45) is 10.3. The van der Waals surface area contributed by atoms with Gasteiger partial charge in [-0.2, -0.15) is 0 Å². The summed E-state index contributed by atoms with van der Waals surface area (Å²) in [5.74, 6) is 1.33. The summed E-state index contributed by atoms with van der Waals surface area (Å²) < 4.78 is 0. The van der Waals surface area contributed by atoms with Crippen molar-refractivity contribution in [2.24, 2.45) is 11.8 Å². The second-order valence-corrected chi connectivity index (χ2v) is 7.64. The highest BCUT2D eigenvalue weighted by atomic mass is 32.1. The molecule has 0 radical (unpaired) electrons. The van der Waals surface area contributed by atoms with Gasteiger partial charge in [-0.1, -0.05) is 13.8 Å². The molecule has 0 bridgehead atoms. The van der Waals surface area contributed by atoms with Gasteiger partial charge in [0.05, 0.1) is 21.8 Å². The largest absolute Gasteiger partial charge is 0.316 e. The predicted molar refractivity (Wildman–Crippen MR) is 91.0 cm³/mol. The Kier molecular flexibility index (Phi) is 5.16. The molecule has 5 heteroatoms. The summed E-state index contributed by atoms with van der Waals surface area (Å²) in [4.78, 5) is 14.9. The SMILES string of the molecule is CC(C)Cc1ncc(-c2cncc(CC3CCCNC3)n2)s1. The average molecular weight is 316 g/mol. The van der Waals surface area contributed by atoms with Gasteiger partial charge in [-0.25, -0.2) is 9.97 Å². The highest BCUT2D eigenvalue weighted by molar-refractivity contribution is 7.15. The first-order valence-electron chi connectivity index (χ1n) is 8.17. The Labute approximate surface area is 136 Å². The van der Waals surface area contributed by atoms with Crippen molar-refractivity contribution < 1.29 is 0 Å². The van der Waals surface area contributed by atoms with Gasteiger partial charge >= 0.3 is 0 Å². The lowest BCUT2D eigenvalue weighted by Crippen LogP contribution is -2.31. The van der Waals surface area contributed by atoms with Gasteiger partial charge in [0.15, 0.2) is 0 Å². The molecular weight excluding hydrogens is 292 g/mol. The first-order valence-corrected chi connectivity index (χ1v) is 8.99. The topological polar surface area (TPSA) is 50.7 Å². The summed E-state index contributed by atoms with van der Waals surface area (Å²) in [5.41, 5.74) is 2.07. The number of piperidine rings is 1. The zero-order valence-corrected chi connectivity index (χ0v) is 14.2. The number of thiazole rings is 1. The maximum atomic E-state index is 4.81. The lowest BCUT2D eigenvalue weighted by atomic mass is 9.95. The molecule has 0 aromatic carbocycles. The Balaban J connectivity index is 1.71. The fraction of sp³-hybridized carbons (Fsp3) is 0.588. The van der Waals surface area contributed by atoms with Gasteiger partial charge in [0.1, 0.15) is 5.69 Å². The second-order valence-electron chi connectivity index (χ2n) is 6.53. The molecule has 4 nitrogen and oxygen atoms in total. The van der Waals surface area contributed by atoms with Crippen LogP contribution in [-0.4, -0.2) is 28.0 Å². The van der Waals surface area contributed by atoms with Crippen molar-refractivity contribution in [1.29, 1.82) is 0 Å². The van der Waals surface area contributed by atoms with E-state index in [0.29, 0.717) is 11.8 Å². The molecule has 1 fully saturated rings. The molecule has 1 atom stereocenters. The number of rotatable bonds is 5. The van der Waals surface area contributed by atoms with Crippen LogP contribution >= 0.6 is 11.3 Å². The molecule has 0 saturated carbocycles. The van der Waals surface area contributed by atoms with E-state index < -0.39 is 0 Å². The molecule has 1 saturated heterocycles. The average Bonchev–Trinajstić information content (AvgIpc) is 2.96. The van der Waals surface area contributed by atoms with Gasteiger partial charge in [0.2, 0.25) is 0 Å². The predicted octanol–water partition coefficient (Wildman–Crippen LogP) is 3.34. The van der Waals surface area contributed by atoms with Crippen molar-refractivity contribution in [3.63, 3.8) is 0 Å². The van der Waals surface area contributed by atoms with Gasteiger partial charge in [0.25, 0.3) is 0 Å². The van der Waals surface area contributed by atoms with Crippen LogP contribution < -0.4 is 5.32 Å². The van der Waals surface area contributed by atoms with Crippen LogP contribution in [0.5, 0.6) is 0 Å². The van der Waals surface area contributed by atoms with Crippen molar-refractivity contribution in [2.75, 3.05) is 13.1 Å². The molecule has 1 aliphatic rings. The van der Waals surface area contributed by atoms with Gasteiger partial charge in [0, 0.05) is 18.8 Å². The van der Waals surface area contributed by atoms with Crippen LogP contribution in [0.4, 0.5) is 0 Å². The summed E-state index contributed by atoms with van der Waals surface area (Å²) in [5, 5.41) is 4.66. The summed E-state index contributed by atoms with van der Waals surface area (Å²) in [7, 11) is 0. The Bertz CT molecular complexity index is 602. The molecule has 1 N–H and O–H groups in total. The maximum absolute atomic E-state index is 4.81. The number of hydrogen-bond donors (Lipinski definition) is 1. The minimum absolute atomic E-state index is 0.634. The smallest absolute Gasteiger partial charge is 0.100 e. The number of aromatic nitrogens is 3. The molecule has 1 unspecified atom stereocenters. The minimum atomic E-state index is 0.634. The number of nitrogens with one attached hydrogen (secondary N) is 1. The van der Waals surface area contributed by atoms with E-state index in [9.17, 15) is 0 Å². The van der Waals surface area contributed by atoms with Crippen molar-refractivity contribution in [3.05, 3.63) is 29.3 Å². The molecule has 1 aliphatic heterocycles. The zero-order chi connectivity index (χ0) is 15.4. The third kappa shape index (κ3) is 4.11. The van der Waals surface area contributed by atoms with Crippen LogP contribution in [0.15, 0.2) is 18.6 Å². The van der Waals surface area contributed by atoms with Crippen LogP contribution in [0.25, 0.3) is 10.6 Å². The molecule has 118 valence electrons. The minimum Gasteiger partial charge on any atom is -0.316 e. The Hall–Kier alpha value is -1.33. The normalized spacial score (nSPS) is 18.8. The summed E-state index contributed by atoms with van der Waals surface area (Å²) in [6.45, 7) is 6.70. The van der Waals surface area contributed by atoms with E-state index in [2.05, 4.69) is 29.1 Å². The quantitative estimate of drug-likeness (QED) is 0.919. The van der Waals surface area contributed by atoms with E-state index >= 15 is 0 Å². The molecule has 3 rings (SSSR count). The van der Waals surface area contributed by atoms with Crippen LogP contribution in [0.1, 0.15) is 37.4 Å². The molecule has 0 aliphatic carbocycles. The lowest BCUT2D eigenvalue weighted by Gasteiger charge is -2.22. The molecule has 0 amide bonds. The van der Waals surface area contributed by atoms with Gasteiger partial charge in [-0.15, -0.1) is 11.3 Å². The van der Waals surface area contributed by atoms with E-state index in [1.54, 1.807) is 11.3 Å². The van der Waals surface area contributed by atoms with Crippen molar-refractivity contribution in [1.82, 2.24) is 20.3 Å². The van der Waals surface area contributed by atoms with Crippen molar-refractivity contribution >= 4 is 11.3 Å². The Morgan fingerprint density at radius 1 is 1.32 bits per heavy atom.